The minimum absolute atomic E-state index is 0. The molecule has 7 heteroatoms. The van der Waals surface area contributed by atoms with E-state index in [0.717, 1.165) is 22.2 Å². The number of thiazole rings is 1. The fourth-order valence-corrected chi connectivity index (χ4v) is 3.39. The molecule has 0 atom stereocenters. The average Bonchev–Trinajstić information content (AvgIpc) is 3.20. The Morgan fingerprint density at radius 2 is 1.48 bits per heavy atom. The van der Waals surface area contributed by atoms with Crippen LogP contribution in [-0.2, 0) is 0 Å². The number of aryl methyl sites for hydroxylation is 2. The summed E-state index contributed by atoms with van der Waals surface area (Å²) in [4.78, 5) is 9.79. The highest BCUT2D eigenvalue weighted by Gasteiger charge is 2.31. The number of rotatable bonds is 3. The Labute approximate surface area is 160 Å². The van der Waals surface area contributed by atoms with Crippen molar-refractivity contribution in [3.05, 3.63) is 77.6 Å². The second-order valence-electron chi connectivity index (χ2n) is 5.46. The van der Waals surface area contributed by atoms with Crippen molar-refractivity contribution in [2.24, 2.45) is 0 Å². The third-order valence-electron chi connectivity index (χ3n) is 3.85. The van der Waals surface area contributed by atoms with E-state index in [1.165, 1.54) is 4.88 Å². The van der Waals surface area contributed by atoms with Crippen molar-refractivity contribution >= 4 is 11.3 Å². The van der Waals surface area contributed by atoms with Crippen LogP contribution in [0.15, 0.2) is 67.0 Å². The molecule has 2 aromatic carbocycles. The maximum atomic E-state index is 4.72. The molecule has 5 nitrogen and oxygen atoms in total. The molecule has 0 radical (unpaired) electrons. The Bertz CT molecular complexity index is 903. The number of hydrogen-bond donors (Lipinski definition) is 0. The largest absolute Gasteiger partial charge is 1.00 e. The first-order valence-electron chi connectivity index (χ1n) is 7.71. The summed E-state index contributed by atoms with van der Waals surface area (Å²) in [5.74, 6) is 0. The highest BCUT2D eigenvalue weighted by atomic mass is 79.9. The van der Waals surface area contributed by atoms with E-state index in [9.17, 15) is 0 Å². The lowest BCUT2D eigenvalue weighted by atomic mass is 10.3. The summed E-state index contributed by atoms with van der Waals surface area (Å²) in [7, 11) is 0. The zero-order valence-corrected chi connectivity index (χ0v) is 16.3. The summed E-state index contributed by atoms with van der Waals surface area (Å²) in [6.45, 7) is 4.12. The van der Waals surface area contributed by atoms with Crippen molar-refractivity contribution in [1.82, 2.24) is 14.9 Å². The van der Waals surface area contributed by atoms with Gasteiger partial charge >= 0.3 is 6.33 Å². The minimum Gasteiger partial charge on any atom is -1.00 e. The molecule has 0 aliphatic heterocycles. The Hall–Kier alpha value is -2.38. The van der Waals surface area contributed by atoms with E-state index in [0.29, 0.717) is 0 Å². The number of para-hydroxylation sites is 2. The van der Waals surface area contributed by atoms with Crippen molar-refractivity contribution in [3.63, 3.8) is 0 Å². The van der Waals surface area contributed by atoms with Crippen LogP contribution >= 0.6 is 11.3 Å². The summed E-state index contributed by atoms with van der Waals surface area (Å²) in [5.41, 5.74) is 3.06. The summed E-state index contributed by atoms with van der Waals surface area (Å²) in [6, 6.07) is 20.2. The van der Waals surface area contributed by atoms with Crippen LogP contribution in [0, 0.1) is 13.8 Å². The first-order chi connectivity index (χ1) is 11.7. The molecule has 0 aliphatic rings. The molecule has 2 heterocycles. The molecule has 4 aromatic rings. The lowest BCUT2D eigenvalue weighted by Gasteiger charge is -1.97. The third-order valence-corrected chi connectivity index (χ3v) is 4.89. The molecular formula is C18H17BrN5S+. The molecule has 126 valence electrons. The van der Waals surface area contributed by atoms with Crippen LogP contribution < -0.4 is 26.5 Å². The van der Waals surface area contributed by atoms with Gasteiger partial charge < -0.3 is 17.0 Å². The Morgan fingerprint density at radius 1 is 0.880 bits per heavy atom. The lowest BCUT2D eigenvalue weighted by molar-refractivity contribution is -0.853. The third kappa shape index (κ3) is 3.25. The number of nitrogens with zero attached hydrogens (tertiary/aromatic N) is 5. The van der Waals surface area contributed by atoms with E-state index < -0.39 is 0 Å². The highest BCUT2D eigenvalue weighted by Crippen LogP contribution is 2.18. The SMILES string of the molecule is Cc1nc(-n2[n+](-c3ccccc3)cn[n+]2-c2ccccc2)sc1C.[Br-]. The van der Waals surface area contributed by atoms with Gasteiger partial charge in [0.05, 0.1) is 10.5 Å². The maximum absolute atomic E-state index is 4.72. The van der Waals surface area contributed by atoms with Crippen LogP contribution in [0.4, 0.5) is 0 Å². The Kier molecular flexibility index (Phi) is 5.06. The van der Waals surface area contributed by atoms with Gasteiger partial charge in [0, 0.05) is 17.0 Å². The van der Waals surface area contributed by atoms with Crippen LogP contribution in [0.1, 0.15) is 10.6 Å². The molecule has 25 heavy (non-hydrogen) atoms. The molecule has 0 saturated carbocycles. The molecule has 0 unspecified atom stereocenters. The molecule has 2 aromatic heterocycles. The molecule has 0 bridgehead atoms. The number of benzene rings is 2. The predicted octanol–water partition coefficient (Wildman–Crippen LogP) is -0.497. The van der Waals surface area contributed by atoms with Gasteiger partial charge in [-0.15, -0.1) is 0 Å². The number of halogens is 1. The molecular weight excluding hydrogens is 398 g/mol. The Balaban J connectivity index is 0.00000182. The fourth-order valence-electron chi connectivity index (χ4n) is 2.50. The maximum Gasteiger partial charge on any atom is 0.440 e. The van der Waals surface area contributed by atoms with E-state index in [1.807, 2.05) is 76.1 Å². The van der Waals surface area contributed by atoms with Crippen LogP contribution in [-0.4, -0.2) is 14.9 Å². The fraction of sp³-hybridized carbons (Fsp3) is 0.111. The quantitative estimate of drug-likeness (QED) is 0.424. The van der Waals surface area contributed by atoms with Gasteiger partial charge in [-0.25, -0.2) is 4.98 Å². The normalized spacial score (nSPS) is 10.5. The average molecular weight is 415 g/mol. The van der Waals surface area contributed by atoms with Gasteiger partial charge in [0.25, 0.3) is 10.2 Å². The second kappa shape index (κ2) is 7.25. The monoisotopic (exact) mass is 414 g/mol. The van der Waals surface area contributed by atoms with E-state index in [4.69, 9.17) is 4.98 Å². The predicted molar refractivity (Wildman–Crippen MR) is 91.8 cm³/mol. The number of tetrazole rings is 1. The smallest absolute Gasteiger partial charge is 0.440 e. The topological polar surface area (TPSA) is 38.5 Å². The van der Waals surface area contributed by atoms with Crippen molar-refractivity contribution < 1.29 is 26.5 Å². The van der Waals surface area contributed by atoms with Gasteiger partial charge in [-0.05, 0) is 30.7 Å². The number of aromatic nitrogens is 5. The summed E-state index contributed by atoms with van der Waals surface area (Å²) < 4.78 is 2.00. The van der Waals surface area contributed by atoms with Gasteiger partial charge in [-0.1, -0.05) is 47.7 Å². The first kappa shape index (κ1) is 17.4. The number of hydrogen-bond acceptors (Lipinski definition) is 3. The standard InChI is InChI=1S/C18H17N5S.BrH/c1-14-15(2)24-18(20-14)23-21(16-9-5-3-6-10-16)13-19-22(23)17-11-7-4-8-12-17;/h3-13H,1-2H3;1H/q+2;/p-1. The van der Waals surface area contributed by atoms with Gasteiger partial charge in [0.2, 0.25) is 5.69 Å². The van der Waals surface area contributed by atoms with E-state index in [1.54, 1.807) is 11.3 Å². The summed E-state index contributed by atoms with van der Waals surface area (Å²) in [5, 5.41) is 5.47. The molecule has 0 saturated heterocycles. The highest BCUT2D eigenvalue weighted by molar-refractivity contribution is 7.14. The zero-order chi connectivity index (χ0) is 16.5. The van der Waals surface area contributed by atoms with Crippen LogP contribution in [0.3, 0.4) is 0 Å². The molecule has 0 aliphatic carbocycles. The lowest BCUT2D eigenvalue weighted by Crippen LogP contribution is -3.00. The van der Waals surface area contributed by atoms with E-state index in [2.05, 4.69) is 24.2 Å². The first-order valence-corrected chi connectivity index (χ1v) is 8.53. The molecule has 0 amide bonds. The minimum atomic E-state index is 0. The van der Waals surface area contributed by atoms with Crippen LogP contribution in [0.5, 0.6) is 0 Å². The summed E-state index contributed by atoms with van der Waals surface area (Å²) >= 11 is 1.66. The van der Waals surface area contributed by atoms with Crippen molar-refractivity contribution in [1.29, 1.82) is 0 Å². The van der Waals surface area contributed by atoms with Crippen molar-refractivity contribution in [2.45, 2.75) is 13.8 Å². The Morgan fingerprint density at radius 3 is 2.04 bits per heavy atom. The summed E-state index contributed by atoms with van der Waals surface area (Å²) in [6.07, 6.45) is 1.81. The molecule has 4 rings (SSSR count). The van der Waals surface area contributed by atoms with Crippen LogP contribution in [0.2, 0.25) is 0 Å². The van der Waals surface area contributed by atoms with E-state index >= 15 is 0 Å². The van der Waals surface area contributed by atoms with Gasteiger partial charge in [0.1, 0.15) is 4.80 Å². The molecule has 0 fully saturated rings. The molecule has 0 spiro atoms. The van der Waals surface area contributed by atoms with E-state index in [-0.39, 0.29) is 17.0 Å². The molecule has 0 N–H and O–H groups in total. The van der Waals surface area contributed by atoms with Crippen molar-refractivity contribution in [3.8, 4) is 16.5 Å². The van der Waals surface area contributed by atoms with Gasteiger partial charge in [-0.2, -0.15) is 0 Å². The zero-order valence-electron chi connectivity index (χ0n) is 13.9. The van der Waals surface area contributed by atoms with Gasteiger partial charge in [-0.3, -0.25) is 0 Å². The van der Waals surface area contributed by atoms with Crippen molar-refractivity contribution in [2.75, 3.05) is 0 Å². The van der Waals surface area contributed by atoms with Gasteiger partial charge in [0.15, 0.2) is 5.69 Å². The second-order valence-corrected chi connectivity index (χ2v) is 6.65. The van der Waals surface area contributed by atoms with Crippen LogP contribution in [0.25, 0.3) is 16.5 Å².